The molecule has 138 valence electrons. The van der Waals surface area contributed by atoms with E-state index in [1.807, 2.05) is 46.9 Å². The van der Waals surface area contributed by atoms with Crippen LogP contribution in [0.1, 0.15) is 16.3 Å². The second-order valence-corrected chi connectivity index (χ2v) is 6.82. The van der Waals surface area contributed by atoms with Gasteiger partial charge in [-0.2, -0.15) is 0 Å². The summed E-state index contributed by atoms with van der Waals surface area (Å²) < 4.78 is 1.82. The predicted octanol–water partition coefficient (Wildman–Crippen LogP) is 2.59. The van der Waals surface area contributed by atoms with Gasteiger partial charge in [0.2, 0.25) is 0 Å². The maximum Gasteiger partial charge on any atom is 0.274 e. The van der Waals surface area contributed by atoms with Crippen LogP contribution in [0.2, 0.25) is 5.02 Å². The molecule has 8 heteroatoms. The summed E-state index contributed by atoms with van der Waals surface area (Å²) in [4.78, 5) is 20.9. The lowest BCUT2D eigenvalue weighted by Gasteiger charge is -2.36. The largest absolute Gasteiger partial charge is 0.368 e. The van der Waals surface area contributed by atoms with Crippen LogP contribution in [0, 0.1) is 6.92 Å². The molecule has 0 spiro atoms. The molecule has 7 nitrogen and oxygen atoms in total. The second-order valence-electron chi connectivity index (χ2n) is 6.38. The third-order valence-electron chi connectivity index (χ3n) is 4.68. The number of aromatic nitrogens is 4. The van der Waals surface area contributed by atoms with Crippen LogP contribution in [0.3, 0.4) is 0 Å². The number of rotatable bonds is 3. The smallest absolute Gasteiger partial charge is 0.274 e. The molecule has 0 unspecified atom stereocenters. The Morgan fingerprint density at radius 3 is 2.52 bits per heavy atom. The van der Waals surface area contributed by atoms with Crippen molar-refractivity contribution in [3.05, 3.63) is 65.3 Å². The number of halogens is 1. The Kier molecular flexibility index (Phi) is 4.77. The first-order chi connectivity index (χ1) is 13.1. The molecule has 1 fully saturated rings. The number of benzene rings is 1. The summed E-state index contributed by atoms with van der Waals surface area (Å²) in [7, 11) is 0. The minimum absolute atomic E-state index is 0.0952. The highest BCUT2D eigenvalue weighted by atomic mass is 35.5. The van der Waals surface area contributed by atoms with E-state index in [-0.39, 0.29) is 5.91 Å². The van der Waals surface area contributed by atoms with Gasteiger partial charge in [0.05, 0.1) is 0 Å². The minimum atomic E-state index is -0.0952. The Bertz CT molecular complexity index is 947. The molecule has 0 bridgehead atoms. The summed E-state index contributed by atoms with van der Waals surface area (Å²) in [5.74, 6) is 1.37. The highest BCUT2D eigenvalue weighted by molar-refractivity contribution is 6.30. The fourth-order valence-corrected chi connectivity index (χ4v) is 3.37. The van der Waals surface area contributed by atoms with E-state index < -0.39 is 0 Å². The third-order valence-corrected chi connectivity index (χ3v) is 4.92. The number of carbonyl (C=O) groups is 1. The number of carbonyl (C=O) groups excluding carboxylic acids is 1. The maximum absolute atomic E-state index is 12.7. The van der Waals surface area contributed by atoms with Crippen LogP contribution in [-0.2, 0) is 0 Å². The SMILES string of the molecule is Cc1nccn1-c1ccc(C(=O)N2CCN(c3cccc(Cl)c3)CC2)nn1. The molecule has 0 atom stereocenters. The summed E-state index contributed by atoms with van der Waals surface area (Å²) in [6, 6.07) is 11.3. The number of nitrogens with zero attached hydrogens (tertiary/aromatic N) is 6. The molecule has 1 aliphatic rings. The summed E-state index contributed by atoms with van der Waals surface area (Å²) in [6.07, 6.45) is 3.52. The molecule has 2 aromatic heterocycles. The van der Waals surface area contributed by atoms with Crippen molar-refractivity contribution in [3.63, 3.8) is 0 Å². The van der Waals surface area contributed by atoms with E-state index in [0.29, 0.717) is 24.6 Å². The molecule has 0 N–H and O–H groups in total. The molecule has 3 aromatic rings. The van der Waals surface area contributed by atoms with Gasteiger partial charge in [-0.1, -0.05) is 17.7 Å². The quantitative estimate of drug-likeness (QED) is 0.696. The molecule has 1 aliphatic heterocycles. The Hall–Kier alpha value is -2.93. The van der Waals surface area contributed by atoms with E-state index in [9.17, 15) is 4.79 Å². The molecule has 0 aliphatic carbocycles. The zero-order valence-corrected chi connectivity index (χ0v) is 15.7. The number of imidazole rings is 1. The summed E-state index contributed by atoms with van der Waals surface area (Å²) in [5, 5.41) is 9.01. The predicted molar refractivity (Wildman–Crippen MR) is 103 cm³/mol. The Balaban J connectivity index is 1.41. The van der Waals surface area contributed by atoms with Crippen LogP contribution >= 0.6 is 11.6 Å². The topological polar surface area (TPSA) is 67.2 Å². The minimum Gasteiger partial charge on any atom is -0.368 e. The molecule has 3 heterocycles. The van der Waals surface area contributed by atoms with Gasteiger partial charge >= 0.3 is 0 Å². The highest BCUT2D eigenvalue weighted by Crippen LogP contribution is 2.21. The van der Waals surface area contributed by atoms with Gasteiger partial charge in [-0.15, -0.1) is 10.2 Å². The first-order valence-corrected chi connectivity index (χ1v) is 9.13. The summed E-state index contributed by atoms with van der Waals surface area (Å²) in [6.45, 7) is 4.67. The van der Waals surface area contributed by atoms with Crippen molar-refractivity contribution in [1.82, 2.24) is 24.6 Å². The standard InChI is InChI=1S/C19H19ClN6O/c1-14-21-7-8-26(14)18-6-5-17(22-23-18)19(27)25-11-9-24(10-12-25)16-4-2-3-15(20)13-16/h2-8,13H,9-12H2,1H3. The molecule has 4 rings (SSSR count). The maximum atomic E-state index is 12.7. The number of amides is 1. The van der Waals surface area contributed by atoms with Crippen molar-refractivity contribution in [3.8, 4) is 5.82 Å². The number of hydrogen-bond acceptors (Lipinski definition) is 5. The van der Waals surface area contributed by atoms with Crippen LogP contribution in [-0.4, -0.2) is 56.7 Å². The number of piperazine rings is 1. The monoisotopic (exact) mass is 382 g/mol. The molecule has 1 aromatic carbocycles. The van der Waals surface area contributed by atoms with E-state index in [1.165, 1.54) is 0 Å². The van der Waals surface area contributed by atoms with Gasteiger partial charge in [0.25, 0.3) is 5.91 Å². The van der Waals surface area contributed by atoms with Gasteiger partial charge in [0.1, 0.15) is 5.82 Å². The van der Waals surface area contributed by atoms with Crippen molar-refractivity contribution in [2.75, 3.05) is 31.1 Å². The van der Waals surface area contributed by atoms with Gasteiger partial charge in [0.15, 0.2) is 11.5 Å². The van der Waals surface area contributed by atoms with Crippen molar-refractivity contribution in [2.24, 2.45) is 0 Å². The first kappa shape index (κ1) is 17.5. The second kappa shape index (κ2) is 7.36. The van der Waals surface area contributed by atoms with Crippen molar-refractivity contribution < 1.29 is 4.79 Å². The fourth-order valence-electron chi connectivity index (χ4n) is 3.19. The number of anilines is 1. The van der Waals surface area contributed by atoms with E-state index >= 15 is 0 Å². The van der Waals surface area contributed by atoms with Gasteiger partial charge in [0, 0.05) is 49.3 Å². The van der Waals surface area contributed by atoms with Gasteiger partial charge < -0.3 is 9.80 Å². The van der Waals surface area contributed by atoms with E-state index in [4.69, 9.17) is 11.6 Å². The molecular weight excluding hydrogens is 364 g/mol. The number of hydrogen-bond donors (Lipinski definition) is 0. The molecule has 0 radical (unpaired) electrons. The fraction of sp³-hybridized carbons (Fsp3) is 0.263. The third kappa shape index (κ3) is 3.64. The highest BCUT2D eigenvalue weighted by Gasteiger charge is 2.23. The average Bonchev–Trinajstić information content (AvgIpc) is 3.14. The number of aryl methyl sites for hydroxylation is 1. The Morgan fingerprint density at radius 2 is 1.89 bits per heavy atom. The molecule has 1 amide bonds. The molecule has 27 heavy (non-hydrogen) atoms. The van der Waals surface area contributed by atoms with Gasteiger partial charge in [-0.25, -0.2) is 4.98 Å². The lowest BCUT2D eigenvalue weighted by atomic mass is 10.2. The zero-order chi connectivity index (χ0) is 18.8. The van der Waals surface area contributed by atoms with E-state index in [2.05, 4.69) is 20.1 Å². The summed E-state index contributed by atoms with van der Waals surface area (Å²) in [5.41, 5.74) is 1.43. The molecule has 0 saturated carbocycles. The van der Waals surface area contributed by atoms with E-state index in [0.717, 1.165) is 29.6 Å². The van der Waals surface area contributed by atoms with Crippen molar-refractivity contribution in [2.45, 2.75) is 6.92 Å². The summed E-state index contributed by atoms with van der Waals surface area (Å²) >= 11 is 6.07. The van der Waals surface area contributed by atoms with Crippen LogP contribution in [0.4, 0.5) is 5.69 Å². The van der Waals surface area contributed by atoms with Crippen molar-refractivity contribution in [1.29, 1.82) is 0 Å². The van der Waals surface area contributed by atoms with Gasteiger partial charge in [-0.3, -0.25) is 9.36 Å². The Morgan fingerprint density at radius 1 is 1.07 bits per heavy atom. The van der Waals surface area contributed by atoms with Crippen LogP contribution in [0.15, 0.2) is 48.8 Å². The normalized spacial score (nSPS) is 14.4. The van der Waals surface area contributed by atoms with Crippen LogP contribution in [0.25, 0.3) is 5.82 Å². The van der Waals surface area contributed by atoms with Gasteiger partial charge in [-0.05, 0) is 37.3 Å². The van der Waals surface area contributed by atoms with Crippen LogP contribution in [0.5, 0.6) is 0 Å². The van der Waals surface area contributed by atoms with E-state index in [1.54, 1.807) is 18.3 Å². The average molecular weight is 383 g/mol. The lowest BCUT2D eigenvalue weighted by Crippen LogP contribution is -2.49. The van der Waals surface area contributed by atoms with Crippen LogP contribution < -0.4 is 4.90 Å². The zero-order valence-electron chi connectivity index (χ0n) is 14.9. The molecular formula is C19H19ClN6O. The van der Waals surface area contributed by atoms with Crippen molar-refractivity contribution >= 4 is 23.2 Å². The first-order valence-electron chi connectivity index (χ1n) is 8.76. The molecule has 1 saturated heterocycles. The Labute approximate surface area is 162 Å². The lowest BCUT2D eigenvalue weighted by molar-refractivity contribution is 0.0739.